The maximum Gasteiger partial charge on any atom is 0.168 e. The predicted molar refractivity (Wildman–Crippen MR) is 63.6 cm³/mol. The standard InChI is InChI=1S/C14H10F2N2/c1-9-6-8-18-14(10(9)5-7-17)11-3-2-4-12(15)13(11)16/h2-4,6,8H,5H2,1H3. The van der Waals surface area contributed by atoms with Crippen molar-refractivity contribution in [3.8, 4) is 17.3 Å². The first-order valence-electron chi connectivity index (χ1n) is 5.41. The van der Waals surface area contributed by atoms with Crippen molar-refractivity contribution in [3.05, 3.63) is 53.2 Å². The quantitative estimate of drug-likeness (QED) is 0.811. The lowest BCUT2D eigenvalue weighted by molar-refractivity contribution is 0.511. The molecule has 1 aromatic carbocycles. The molecule has 0 bridgehead atoms. The van der Waals surface area contributed by atoms with E-state index in [9.17, 15) is 8.78 Å². The summed E-state index contributed by atoms with van der Waals surface area (Å²) in [7, 11) is 0. The fourth-order valence-corrected chi connectivity index (χ4v) is 1.81. The molecule has 1 heterocycles. The van der Waals surface area contributed by atoms with E-state index in [0.29, 0.717) is 11.3 Å². The average molecular weight is 244 g/mol. The zero-order valence-electron chi connectivity index (χ0n) is 9.74. The zero-order valence-corrected chi connectivity index (χ0v) is 9.74. The number of nitrogens with zero attached hydrogens (tertiary/aromatic N) is 2. The summed E-state index contributed by atoms with van der Waals surface area (Å²) < 4.78 is 27.0. The minimum Gasteiger partial charge on any atom is -0.256 e. The molecule has 0 aliphatic carbocycles. The van der Waals surface area contributed by atoms with E-state index in [0.717, 1.165) is 11.6 Å². The van der Waals surface area contributed by atoms with Crippen LogP contribution in [-0.4, -0.2) is 4.98 Å². The van der Waals surface area contributed by atoms with Crippen molar-refractivity contribution < 1.29 is 8.78 Å². The van der Waals surface area contributed by atoms with Gasteiger partial charge >= 0.3 is 0 Å². The van der Waals surface area contributed by atoms with Crippen LogP contribution in [0.3, 0.4) is 0 Å². The second-order valence-corrected chi connectivity index (χ2v) is 3.89. The fraction of sp³-hybridized carbons (Fsp3) is 0.143. The van der Waals surface area contributed by atoms with E-state index in [2.05, 4.69) is 4.98 Å². The van der Waals surface area contributed by atoms with Gasteiger partial charge in [-0.1, -0.05) is 6.07 Å². The second kappa shape index (κ2) is 4.92. The highest BCUT2D eigenvalue weighted by atomic mass is 19.2. The van der Waals surface area contributed by atoms with Crippen LogP contribution in [0.5, 0.6) is 0 Å². The lowest BCUT2D eigenvalue weighted by atomic mass is 9.99. The van der Waals surface area contributed by atoms with Gasteiger partial charge in [0.15, 0.2) is 11.6 Å². The van der Waals surface area contributed by atoms with Gasteiger partial charge in [-0.15, -0.1) is 0 Å². The summed E-state index contributed by atoms with van der Waals surface area (Å²) in [6, 6.07) is 7.69. The van der Waals surface area contributed by atoms with Crippen molar-refractivity contribution in [1.29, 1.82) is 5.26 Å². The molecule has 18 heavy (non-hydrogen) atoms. The molecule has 2 aromatic rings. The Morgan fingerprint density at radius 1 is 1.28 bits per heavy atom. The van der Waals surface area contributed by atoms with Crippen LogP contribution >= 0.6 is 0 Å². The molecule has 0 saturated carbocycles. The third-order valence-corrected chi connectivity index (χ3v) is 2.75. The van der Waals surface area contributed by atoms with Crippen LogP contribution < -0.4 is 0 Å². The molecule has 0 unspecified atom stereocenters. The molecular formula is C14H10F2N2. The molecule has 1 aromatic heterocycles. The maximum atomic E-state index is 13.7. The Kier molecular flexibility index (Phi) is 3.33. The molecule has 0 amide bonds. The normalized spacial score (nSPS) is 10.1. The number of nitriles is 1. The maximum absolute atomic E-state index is 13.7. The summed E-state index contributed by atoms with van der Waals surface area (Å²) >= 11 is 0. The third kappa shape index (κ3) is 2.07. The van der Waals surface area contributed by atoms with Gasteiger partial charge in [-0.05, 0) is 36.2 Å². The van der Waals surface area contributed by atoms with E-state index in [1.165, 1.54) is 18.3 Å². The Hall–Kier alpha value is -2.28. The van der Waals surface area contributed by atoms with Crippen molar-refractivity contribution in [1.82, 2.24) is 4.98 Å². The number of rotatable bonds is 2. The highest BCUT2D eigenvalue weighted by Gasteiger charge is 2.15. The van der Waals surface area contributed by atoms with E-state index < -0.39 is 11.6 Å². The topological polar surface area (TPSA) is 36.7 Å². The number of benzene rings is 1. The van der Waals surface area contributed by atoms with E-state index >= 15 is 0 Å². The molecule has 2 rings (SSSR count). The number of aromatic nitrogens is 1. The molecule has 0 N–H and O–H groups in total. The minimum atomic E-state index is -0.935. The van der Waals surface area contributed by atoms with E-state index in [-0.39, 0.29) is 12.0 Å². The lowest BCUT2D eigenvalue weighted by Gasteiger charge is -2.10. The summed E-state index contributed by atoms with van der Waals surface area (Å²) in [5.41, 5.74) is 1.88. The summed E-state index contributed by atoms with van der Waals surface area (Å²) in [6.45, 7) is 1.81. The number of halogens is 2. The van der Waals surface area contributed by atoms with Gasteiger partial charge in [0.1, 0.15) is 0 Å². The zero-order chi connectivity index (χ0) is 13.1. The van der Waals surface area contributed by atoms with Crippen molar-refractivity contribution in [2.75, 3.05) is 0 Å². The summed E-state index contributed by atoms with van der Waals surface area (Å²) in [5, 5.41) is 8.79. The highest BCUT2D eigenvalue weighted by molar-refractivity contribution is 5.65. The molecule has 0 atom stereocenters. The fourth-order valence-electron chi connectivity index (χ4n) is 1.81. The van der Waals surface area contributed by atoms with Gasteiger partial charge in [0, 0.05) is 11.8 Å². The Morgan fingerprint density at radius 3 is 2.78 bits per heavy atom. The number of hydrogen-bond acceptors (Lipinski definition) is 2. The van der Waals surface area contributed by atoms with Crippen molar-refractivity contribution in [2.45, 2.75) is 13.3 Å². The van der Waals surface area contributed by atoms with Crippen LogP contribution in [0.1, 0.15) is 11.1 Å². The van der Waals surface area contributed by atoms with Crippen LogP contribution in [-0.2, 0) is 6.42 Å². The van der Waals surface area contributed by atoms with Gasteiger partial charge in [0.25, 0.3) is 0 Å². The first-order chi connectivity index (χ1) is 8.65. The van der Waals surface area contributed by atoms with Gasteiger partial charge in [0.2, 0.25) is 0 Å². The number of aryl methyl sites for hydroxylation is 1. The molecule has 0 spiro atoms. The highest BCUT2D eigenvalue weighted by Crippen LogP contribution is 2.27. The van der Waals surface area contributed by atoms with E-state index in [1.54, 1.807) is 6.07 Å². The summed E-state index contributed by atoms with van der Waals surface area (Å²) in [4.78, 5) is 4.07. The summed E-state index contributed by atoms with van der Waals surface area (Å²) in [5.74, 6) is -1.85. The van der Waals surface area contributed by atoms with Gasteiger partial charge in [0.05, 0.1) is 18.2 Å². The lowest BCUT2D eigenvalue weighted by Crippen LogP contribution is -1.99. The molecule has 0 radical (unpaired) electrons. The van der Waals surface area contributed by atoms with Crippen molar-refractivity contribution >= 4 is 0 Å². The molecule has 0 saturated heterocycles. The average Bonchev–Trinajstić information content (AvgIpc) is 2.36. The van der Waals surface area contributed by atoms with Crippen molar-refractivity contribution in [3.63, 3.8) is 0 Å². The Bertz CT molecular complexity index is 630. The van der Waals surface area contributed by atoms with Crippen molar-refractivity contribution in [2.24, 2.45) is 0 Å². The van der Waals surface area contributed by atoms with E-state index in [4.69, 9.17) is 5.26 Å². The smallest absolute Gasteiger partial charge is 0.168 e. The largest absolute Gasteiger partial charge is 0.256 e. The van der Waals surface area contributed by atoms with Crippen LogP contribution in [0.4, 0.5) is 8.78 Å². The van der Waals surface area contributed by atoms with Gasteiger partial charge in [-0.3, -0.25) is 4.98 Å². The van der Waals surface area contributed by atoms with Gasteiger partial charge < -0.3 is 0 Å². The van der Waals surface area contributed by atoms with Crippen LogP contribution in [0.2, 0.25) is 0 Å². The molecule has 4 heteroatoms. The number of hydrogen-bond donors (Lipinski definition) is 0. The molecule has 2 nitrogen and oxygen atoms in total. The molecule has 0 aliphatic heterocycles. The molecular weight excluding hydrogens is 234 g/mol. The summed E-state index contributed by atoms with van der Waals surface area (Å²) in [6.07, 6.45) is 1.64. The van der Waals surface area contributed by atoms with Crippen LogP contribution in [0.25, 0.3) is 11.3 Å². The minimum absolute atomic E-state index is 0.0870. The second-order valence-electron chi connectivity index (χ2n) is 3.89. The first-order valence-corrected chi connectivity index (χ1v) is 5.41. The molecule has 0 aliphatic rings. The Morgan fingerprint density at radius 2 is 2.06 bits per heavy atom. The monoisotopic (exact) mass is 244 g/mol. The number of pyridine rings is 1. The Balaban J connectivity index is 2.68. The van der Waals surface area contributed by atoms with E-state index in [1.807, 2.05) is 13.0 Å². The van der Waals surface area contributed by atoms with Gasteiger partial charge in [-0.2, -0.15) is 5.26 Å². The van der Waals surface area contributed by atoms with Crippen LogP contribution in [0.15, 0.2) is 30.5 Å². The third-order valence-electron chi connectivity index (χ3n) is 2.75. The molecule has 90 valence electrons. The molecule has 0 fully saturated rings. The Labute approximate surface area is 104 Å². The first kappa shape index (κ1) is 12.2. The van der Waals surface area contributed by atoms with Crippen LogP contribution in [0, 0.1) is 29.9 Å². The predicted octanol–water partition coefficient (Wildman–Crippen LogP) is 3.40. The SMILES string of the molecule is Cc1ccnc(-c2cccc(F)c2F)c1CC#N. The van der Waals surface area contributed by atoms with Gasteiger partial charge in [-0.25, -0.2) is 8.78 Å².